The minimum Gasteiger partial charge on any atom is -0.494 e. The number of H-pyrrole nitrogens is 1. The molecule has 2 aromatic carbocycles. The number of amides is 1. The van der Waals surface area contributed by atoms with Crippen LogP contribution in [0.4, 0.5) is 5.69 Å². The topological polar surface area (TPSA) is 114 Å². The number of morpholine rings is 1. The number of benzene rings is 2. The predicted molar refractivity (Wildman–Crippen MR) is 123 cm³/mol. The summed E-state index contributed by atoms with van der Waals surface area (Å²) in [5, 5.41) is 3.42. The van der Waals surface area contributed by atoms with Gasteiger partial charge in [-0.25, -0.2) is 13.4 Å². The van der Waals surface area contributed by atoms with Crippen LogP contribution < -0.4 is 10.1 Å². The first kappa shape index (κ1) is 22.6. The molecule has 0 aliphatic carbocycles. The van der Waals surface area contributed by atoms with E-state index in [0.717, 1.165) is 16.8 Å². The first-order valence-electron chi connectivity index (χ1n) is 10.2. The number of anilines is 1. The summed E-state index contributed by atoms with van der Waals surface area (Å²) in [6.45, 7) is 3.97. The molecule has 0 radical (unpaired) electrons. The minimum atomic E-state index is -3.56. The van der Waals surface area contributed by atoms with Crippen molar-refractivity contribution in [1.82, 2.24) is 14.3 Å². The van der Waals surface area contributed by atoms with Crippen molar-refractivity contribution in [3.05, 3.63) is 42.5 Å². The summed E-state index contributed by atoms with van der Waals surface area (Å²) < 4.78 is 37.5. The lowest BCUT2D eigenvalue weighted by molar-refractivity contribution is -0.113. The van der Waals surface area contributed by atoms with Crippen molar-refractivity contribution in [2.24, 2.45) is 0 Å². The zero-order valence-electron chi connectivity index (χ0n) is 17.5. The molecule has 0 unspecified atom stereocenters. The maximum Gasteiger partial charge on any atom is 0.243 e. The summed E-state index contributed by atoms with van der Waals surface area (Å²) in [5.74, 6) is 0.706. The second kappa shape index (κ2) is 9.90. The van der Waals surface area contributed by atoms with Gasteiger partial charge in [0.15, 0.2) is 5.16 Å². The van der Waals surface area contributed by atoms with Crippen LogP contribution in [0.15, 0.2) is 52.5 Å². The number of carbonyl (C=O) groups excluding carboxylic acids is 1. The number of nitrogens with one attached hydrogen (secondary N) is 2. The van der Waals surface area contributed by atoms with E-state index in [9.17, 15) is 13.2 Å². The molecule has 1 aliphatic heterocycles. The van der Waals surface area contributed by atoms with E-state index in [4.69, 9.17) is 9.47 Å². The number of aromatic amines is 1. The Morgan fingerprint density at radius 3 is 2.69 bits per heavy atom. The average Bonchev–Trinajstić information content (AvgIpc) is 3.21. The van der Waals surface area contributed by atoms with Crippen LogP contribution >= 0.6 is 11.8 Å². The lowest BCUT2D eigenvalue weighted by Gasteiger charge is -2.26. The van der Waals surface area contributed by atoms with Gasteiger partial charge in [-0.3, -0.25) is 4.79 Å². The highest BCUT2D eigenvalue weighted by atomic mass is 32.2. The Bertz CT molecular complexity index is 1190. The SMILES string of the molecule is CCOc1ccc2nc(SCC(=O)Nc3ccc(S(=O)(=O)N4CCOCC4)cc3)[nH]c2c1. The van der Waals surface area contributed by atoms with E-state index >= 15 is 0 Å². The Morgan fingerprint density at radius 2 is 1.97 bits per heavy atom. The molecule has 1 saturated heterocycles. The van der Waals surface area contributed by atoms with E-state index < -0.39 is 10.0 Å². The second-order valence-corrected chi connectivity index (χ2v) is 9.93. The predicted octanol–water partition coefficient (Wildman–Crippen LogP) is 2.71. The Labute approximate surface area is 190 Å². The number of hydrogen-bond acceptors (Lipinski definition) is 7. The van der Waals surface area contributed by atoms with Crippen LogP contribution in [-0.4, -0.2) is 67.3 Å². The fourth-order valence-corrected chi connectivity index (χ4v) is 5.36. The Kier molecular flexibility index (Phi) is 6.99. The number of fused-ring (bicyclic) bond motifs is 1. The van der Waals surface area contributed by atoms with Crippen LogP contribution in [0, 0.1) is 0 Å². The number of rotatable bonds is 8. The number of thioether (sulfide) groups is 1. The molecule has 2 heterocycles. The number of hydrogen-bond donors (Lipinski definition) is 2. The molecule has 11 heteroatoms. The third-order valence-electron chi connectivity index (χ3n) is 4.83. The molecule has 0 atom stereocenters. The van der Waals surface area contributed by atoms with Crippen LogP contribution in [0.5, 0.6) is 5.75 Å². The van der Waals surface area contributed by atoms with Crippen LogP contribution in [0.1, 0.15) is 6.92 Å². The van der Waals surface area contributed by atoms with Crippen molar-refractivity contribution in [3.63, 3.8) is 0 Å². The highest BCUT2D eigenvalue weighted by molar-refractivity contribution is 7.99. The number of imidazole rings is 1. The van der Waals surface area contributed by atoms with Crippen molar-refractivity contribution in [1.29, 1.82) is 0 Å². The number of nitrogens with zero attached hydrogens (tertiary/aromatic N) is 2. The largest absolute Gasteiger partial charge is 0.494 e. The van der Waals surface area contributed by atoms with Crippen LogP contribution in [-0.2, 0) is 19.6 Å². The molecule has 1 aromatic heterocycles. The van der Waals surface area contributed by atoms with Gasteiger partial charge in [-0.2, -0.15) is 4.31 Å². The third-order valence-corrected chi connectivity index (χ3v) is 7.61. The lowest BCUT2D eigenvalue weighted by Crippen LogP contribution is -2.40. The van der Waals surface area contributed by atoms with Gasteiger partial charge in [-0.05, 0) is 43.3 Å². The molecule has 32 heavy (non-hydrogen) atoms. The zero-order valence-corrected chi connectivity index (χ0v) is 19.2. The van der Waals surface area contributed by atoms with Crippen LogP contribution in [0.3, 0.4) is 0 Å². The van der Waals surface area contributed by atoms with E-state index in [-0.39, 0.29) is 16.6 Å². The van der Waals surface area contributed by atoms with E-state index in [0.29, 0.717) is 43.8 Å². The molecule has 2 N–H and O–H groups in total. The first-order chi connectivity index (χ1) is 15.5. The molecule has 1 amide bonds. The lowest BCUT2D eigenvalue weighted by atomic mass is 10.3. The van der Waals surface area contributed by atoms with E-state index in [1.54, 1.807) is 12.1 Å². The minimum absolute atomic E-state index is 0.159. The fourth-order valence-electron chi connectivity index (χ4n) is 3.27. The Morgan fingerprint density at radius 1 is 1.22 bits per heavy atom. The summed E-state index contributed by atoms with van der Waals surface area (Å²) in [6, 6.07) is 11.8. The summed E-state index contributed by atoms with van der Waals surface area (Å²) in [7, 11) is -3.56. The van der Waals surface area contributed by atoms with Gasteiger partial charge in [0.25, 0.3) is 0 Å². The molecule has 3 aromatic rings. The summed E-state index contributed by atoms with van der Waals surface area (Å²) in [5.41, 5.74) is 2.17. The summed E-state index contributed by atoms with van der Waals surface area (Å²) in [4.78, 5) is 20.2. The summed E-state index contributed by atoms with van der Waals surface area (Å²) in [6.07, 6.45) is 0. The fraction of sp³-hybridized carbons (Fsp3) is 0.333. The van der Waals surface area contributed by atoms with Crippen molar-refractivity contribution >= 4 is 44.4 Å². The normalized spacial score (nSPS) is 15.0. The monoisotopic (exact) mass is 476 g/mol. The maximum absolute atomic E-state index is 12.7. The summed E-state index contributed by atoms with van der Waals surface area (Å²) >= 11 is 1.29. The molecule has 1 fully saturated rings. The molecule has 0 spiro atoms. The Balaban J connectivity index is 1.33. The van der Waals surface area contributed by atoms with E-state index in [1.807, 2.05) is 25.1 Å². The standard InChI is InChI=1S/C21H24N4O5S2/c1-2-30-16-5-8-18-19(13-16)24-21(23-18)31-14-20(26)22-15-3-6-17(7-4-15)32(27,28)25-9-11-29-12-10-25/h3-8,13H,2,9-12,14H2,1H3,(H,22,26)(H,23,24). The van der Waals surface area contributed by atoms with Crippen LogP contribution in [0.25, 0.3) is 11.0 Å². The quantitative estimate of drug-likeness (QED) is 0.481. The number of ether oxygens (including phenoxy) is 2. The molecule has 0 bridgehead atoms. The second-order valence-electron chi connectivity index (χ2n) is 7.03. The van der Waals surface area contributed by atoms with E-state index in [2.05, 4.69) is 15.3 Å². The molecule has 1 aliphatic rings. The van der Waals surface area contributed by atoms with Gasteiger partial charge in [-0.15, -0.1) is 0 Å². The van der Waals surface area contributed by atoms with Gasteiger partial charge in [0.05, 0.1) is 41.5 Å². The van der Waals surface area contributed by atoms with Gasteiger partial charge >= 0.3 is 0 Å². The molecule has 0 saturated carbocycles. The van der Waals surface area contributed by atoms with Crippen molar-refractivity contribution in [3.8, 4) is 5.75 Å². The van der Waals surface area contributed by atoms with Gasteiger partial charge in [0, 0.05) is 24.8 Å². The van der Waals surface area contributed by atoms with Crippen LogP contribution in [0.2, 0.25) is 0 Å². The zero-order chi connectivity index (χ0) is 22.6. The third kappa shape index (κ3) is 5.23. The molecule has 9 nitrogen and oxygen atoms in total. The van der Waals surface area contributed by atoms with E-state index in [1.165, 1.54) is 28.2 Å². The smallest absolute Gasteiger partial charge is 0.243 e. The molecular formula is C21H24N4O5S2. The van der Waals surface area contributed by atoms with Crippen molar-refractivity contribution < 1.29 is 22.7 Å². The van der Waals surface area contributed by atoms with Gasteiger partial charge < -0.3 is 19.8 Å². The number of sulfonamides is 1. The molecular weight excluding hydrogens is 452 g/mol. The maximum atomic E-state index is 12.7. The highest BCUT2D eigenvalue weighted by Gasteiger charge is 2.26. The highest BCUT2D eigenvalue weighted by Crippen LogP contribution is 2.24. The van der Waals surface area contributed by atoms with Crippen molar-refractivity contribution in [2.75, 3.05) is 44.0 Å². The average molecular weight is 477 g/mol. The number of aromatic nitrogens is 2. The van der Waals surface area contributed by atoms with Crippen molar-refractivity contribution in [2.45, 2.75) is 17.0 Å². The Hall–Kier alpha value is -2.60. The molecule has 170 valence electrons. The van der Waals surface area contributed by atoms with Gasteiger partial charge in [0.2, 0.25) is 15.9 Å². The number of carbonyl (C=O) groups is 1. The first-order valence-corrected chi connectivity index (χ1v) is 12.6. The molecule has 4 rings (SSSR count). The van der Waals surface area contributed by atoms with Gasteiger partial charge in [-0.1, -0.05) is 11.8 Å². The van der Waals surface area contributed by atoms with Gasteiger partial charge in [0.1, 0.15) is 5.75 Å².